The molecule has 0 aliphatic heterocycles. The number of amides is 2. The Morgan fingerprint density at radius 3 is 2.29 bits per heavy atom. The molecule has 1 saturated carbocycles. The van der Waals surface area contributed by atoms with Crippen LogP contribution in [0.1, 0.15) is 53.2 Å². The molecule has 1 fully saturated rings. The highest BCUT2D eigenvalue weighted by atomic mass is 19.2. The van der Waals surface area contributed by atoms with Gasteiger partial charge in [0.05, 0.1) is 5.41 Å². The number of benzene rings is 2. The van der Waals surface area contributed by atoms with Gasteiger partial charge in [-0.2, -0.15) is 0 Å². The molecule has 8 heteroatoms. The quantitative estimate of drug-likeness (QED) is 0.487. The summed E-state index contributed by atoms with van der Waals surface area (Å²) in [7, 11) is 0. The van der Waals surface area contributed by atoms with Crippen molar-refractivity contribution < 1.29 is 18.4 Å². The maximum absolute atomic E-state index is 13.9. The van der Waals surface area contributed by atoms with Gasteiger partial charge < -0.3 is 16.4 Å². The van der Waals surface area contributed by atoms with Crippen LogP contribution in [0.15, 0.2) is 67.0 Å². The molecule has 1 heterocycles. The van der Waals surface area contributed by atoms with Gasteiger partial charge in [0.25, 0.3) is 5.91 Å². The van der Waals surface area contributed by atoms with Crippen molar-refractivity contribution in [1.29, 1.82) is 0 Å². The summed E-state index contributed by atoms with van der Waals surface area (Å²) in [5.41, 5.74) is 7.76. The Morgan fingerprint density at radius 1 is 0.971 bits per heavy atom. The molecule has 1 aromatic heterocycles. The topological polar surface area (TPSA) is 97.1 Å². The third kappa shape index (κ3) is 4.97. The summed E-state index contributed by atoms with van der Waals surface area (Å²) in [5.74, 6) is -2.38. The zero-order valence-corrected chi connectivity index (χ0v) is 18.6. The SMILES string of the molecule is NC(CNC(=O)C1(c2ccc(F)c(F)c2)CCCC1)c1ccc(C(=O)Nc2ccncc2)cc1. The zero-order chi connectivity index (χ0) is 24.1. The molecule has 1 aliphatic carbocycles. The maximum atomic E-state index is 13.9. The number of hydrogen-bond donors (Lipinski definition) is 3. The second-order valence-electron chi connectivity index (χ2n) is 8.55. The molecule has 0 saturated heterocycles. The number of aromatic nitrogens is 1. The molecule has 4 rings (SSSR count). The molecule has 3 aromatic rings. The fourth-order valence-corrected chi connectivity index (χ4v) is 4.43. The summed E-state index contributed by atoms with van der Waals surface area (Å²) in [6, 6.07) is 13.4. The van der Waals surface area contributed by atoms with E-state index in [-0.39, 0.29) is 18.4 Å². The highest BCUT2D eigenvalue weighted by molar-refractivity contribution is 6.04. The van der Waals surface area contributed by atoms with E-state index in [0.29, 0.717) is 29.7 Å². The van der Waals surface area contributed by atoms with Crippen molar-refractivity contribution in [1.82, 2.24) is 10.3 Å². The largest absolute Gasteiger partial charge is 0.353 e. The predicted molar refractivity (Wildman–Crippen MR) is 125 cm³/mol. The summed E-state index contributed by atoms with van der Waals surface area (Å²) in [5, 5.41) is 5.69. The minimum atomic E-state index is -0.957. The Morgan fingerprint density at radius 2 is 1.65 bits per heavy atom. The van der Waals surface area contributed by atoms with Gasteiger partial charge in [0.1, 0.15) is 0 Å². The van der Waals surface area contributed by atoms with Gasteiger partial charge in [-0.1, -0.05) is 31.0 Å². The van der Waals surface area contributed by atoms with Crippen LogP contribution in [0.4, 0.5) is 14.5 Å². The minimum Gasteiger partial charge on any atom is -0.353 e. The third-order valence-electron chi connectivity index (χ3n) is 6.39. The molecule has 0 radical (unpaired) electrons. The standard InChI is InChI=1S/C26H26F2N4O2/c27-21-8-7-19(15-22(21)28)26(11-1-2-12-26)25(34)31-16-23(29)17-3-5-18(6-4-17)24(33)32-20-9-13-30-14-10-20/h3-10,13-15,23H,1-2,11-12,16,29H2,(H,31,34)(H,30,32,33). The van der Waals surface area contributed by atoms with Gasteiger partial charge in [0, 0.05) is 36.2 Å². The molecular formula is C26H26F2N4O2. The van der Waals surface area contributed by atoms with Crippen LogP contribution in [-0.2, 0) is 10.2 Å². The van der Waals surface area contributed by atoms with E-state index < -0.39 is 23.1 Å². The maximum Gasteiger partial charge on any atom is 0.255 e. The first-order valence-corrected chi connectivity index (χ1v) is 11.2. The van der Waals surface area contributed by atoms with E-state index in [1.807, 2.05) is 0 Å². The molecule has 1 atom stereocenters. The number of halogens is 2. The molecule has 4 N–H and O–H groups in total. The average molecular weight is 465 g/mol. The van der Waals surface area contributed by atoms with Crippen molar-refractivity contribution >= 4 is 17.5 Å². The Bertz CT molecular complexity index is 1160. The molecule has 176 valence electrons. The Kier molecular flexibility index (Phi) is 6.98. The number of nitrogens with zero attached hydrogens (tertiary/aromatic N) is 1. The van der Waals surface area contributed by atoms with Crippen molar-refractivity contribution in [3.8, 4) is 0 Å². The second-order valence-corrected chi connectivity index (χ2v) is 8.55. The van der Waals surface area contributed by atoms with Crippen LogP contribution >= 0.6 is 0 Å². The van der Waals surface area contributed by atoms with E-state index >= 15 is 0 Å². The number of hydrogen-bond acceptors (Lipinski definition) is 4. The van der Waals surface area contributed by atoms with E-state index in [1.54, 1.807) is 48.8 Å². The number of pyridine rings is 1. The van der Waals surface area contributed by atoms with E-state index in [9.17, 15) is 18.4 Å². The summed E-state index contributed by atoms with van der Waals surface area (Å²) < 4.78 is 27.3. The molecule has 0 spiro atoms. The van der Waals surface area contributed by atoms with Crippen molar-refractivity contribution in [3.63, 3.8) is 0 Å². The van der Waals surface area contributed by atoms with Crippen molar-refractivity contribution in [2.24, 2.45) is 5.73 Å². The van der Waals surface area contributed by atoms with Crippen molar-refractivity contribution in [2.75, 3.05) is 11.9 Å². The van der Waals surface area contributed by atoms with Crippen LogP contribution in [0.3, 0.4) is 0 Å². The van der Waals surface area contributed by atoms with Crippen LogP contribution in [-0.4, -0.2) is 23.3 Å². The van der Waals surface area contributed by atoms with Crippen LogP contribution in [0.25, 0.3) is 0 Å². The van der Waals surface area contributed by atoms with Crippen LogP contribution in [0.5, 0.6) is 0 Å². The first-order valence-electron chi connectivity index (χ1n) is 11.2. The number of nitrogens with one attached hydrogen (secondary N) is 2. The Hall–Kier alpha value is -3.65. The normalized spacial score (nSPS) is 15.5. The lowest BCUT2D eigenvalue weighted by Crippen LogP contribution is -2.45. The van der Waals surface area contributed by atoms with Gasteiger partial charge in [0.15, 0.2) is 11.6 Å². The van der Waals surface area contributed by atoms with E-state index in [0.717, 1.165) is 30.5 Å². The van der Waals surface area contributed by atoms with Crippen LogP contribution in [0.2, 0.25) is 0 Å². The molecule has 2 amide bonds. The zero-order valence-electron chi connectivity index (χ0n) is 18.6. The van der Waals surface area contributed by atoms with Gasteiger partial charge in [0.2, 0.25) is 5.91 Å². The molecule has 0 bridgehead atoms. The fraction of sp³-hybridized carbons (Fsp3) is 0.269. The molecule has 34 heavy (non-hydrogen) atoms. The van der Waals surface area contributed by atoms with Crippen LogP contribution < -0.4 is 16.4 Å². The van der Waals surface area contributed by atoms with E-state index in [4.69, 9.17) is 5.73 Å². The number of rotatable bonds is 7. The highest BCUT2D eigenvalue weighted by Crippen LogP contribution is 2.41. The predicted octanol–water partition coefficient (Wildman–Crippen LogP) is 4.24. The Labute approximate surface area is 196 Å². The van der Waals surface area contributed by atoms with Gasteiger partial charge in [-0.05, 0) is 60.4 Å². The number of anilines is 1. The minimum absolute atomic E-state index is 0.173. The summed E-state index contributed by atoms with van der Waals surface area (Å²) in [4.78, 5) is 29.5. The first kappa shape index (κ1) is 23.5. The summed E-state index contributed by atoms with van der Waals surface area (Å²) >= 11 is 0. The van der Waals surface area contributed by atoms with Gasteiger partial charge >= 0.3 is 0 Å². The monoisotopic (exact) mass is 464 g/mol. The van der Waals surface area contributed by atoms with Crippen molar-refractivity contribution in [2.45, 2.75) is 37.1 Å². The molecule has 6 nitrogen and oxygen atoms in total. The smallest absolute Gasteiger partial charge is 0.255 e. The number of carbonyl (C=O) groups is 2. The van der Waals surface area contributed by atoms with E-state index in [2.05, 4.69) is 15.6 Å². The van der Waals surface area contributed by atoms with Crippen molar-refractivity contribution in [3.05, 3.63) is 95.3 Å². The molecule has 1 aliphatic rings. The van der Waals surface area contributed by atoms with Gasteiger partial charge in [-0.15, -0.1) is 0 Å². The Balaban J connectivity index is 1.39. The summed E-state index contributed by atoms with van der Waals surface area (Å²) in [6.07, 6.45) is 5.99. The average Bonchev–Trinajstić information content (AvgIpc) is 3.36. The summed E-state index contributed by atoms with van der Waals surface area (Å²) in [6.45, 7) is 0.173. The number of nitrogens with two attached hydrogens (primary N) is 1. The van der Waals surface area contributed by atoms with Gasteiger partial charge in [-0.3, -0.25) is 14.6 Å². The molecular weight excluding hydrogens is 438 g/mol. The lowest BCUT2D eigenvalue weighted by Gasteiger charge is -2.29. The fourth-order valence-electron chi connectivity index (χ4n) is 4.43. The highest BCUT2D eigenvalue weighted by Gasteiger charge is 2.43. The van der Waals surface area contributed by atoms with Crippen LogP contribution in [0, 0.1) is 11.6 Å². The molecule has 2 aromatic carbocycles. The third-order valence-corrected chi connectivity index (χ3v) is 6.39. The van der Waals surface area contributed by atoms with E-state index in [1.165, 1.54) is 6.07 Å². The first-order chi connectivity index (χ1) is 16.4. The lowest BCUT2D eigenvalue weighted by molar-refractivity contribution is -0.126. The van der Waals surface area contributed by atoms with Gasteiger partial charge in [-0.25, -0.2) is 8.78 Å². The molecule has 1 unspecified atom stereocenters. The number of carbonyl (C=O) groups excluding carboxylic acids is 2. The second kappa shape index (κ2) is 10.1. The lowest BCUT2D eigenvalue weighted by atomic mass is 9.78.